The number of rotatable bonds is 34. The van der Waals surface area contributed by atoms with Crippen LogP contribution in [0.4, 0.5) is 0 Å². The molecule has 72 heavy (non-hydrogen) atoms. The van der Waals surface area contributed by atoms with Gasteiger partial charge in [-0.1, -0.05) is 98.6 Å². The predicted octanol–water partition coefficient (Wildman–Crippen LogP) is 6.37. The van der Waals surface area contributed by atoms with Gasteiger partial charge in [-0.25, -0.2) is 0 Å². The number of hydrogen-bond donors (Lipinski definition) is 2. The van der Waals surface area contributed by atoms with E-state index in [9.17, 15) is 43.5 Å². The number of imide groups is 1. The number of unbranched alkanes of at least 4 members (excludes halogenated alkanes) is 2. The highest BCUT2D eigenvalue weighted by Gasteiger charge is 2.43. The second kappa shape index (κ2) is 30.5. The molecule has 5 amide bonds. The molecule has 3 rings (SSSR count). The van der Waals surface area contributed by atoms with Gasteiger partial charge in [-0.2, -0.15) is 0 Å². The lowest BCUT2D eigenvalue weighted by atomic mass is 9.83. The van der Waals surface area contributed by atoms with E-state index in [0.717, 1.165) is 12.0 Å². The summed E-state index contributed by atoms with van der Waals surface area (Å²) in [5.74, 6) is -3.25. The Labute approximate surface area is 430 Å². The van der Waals surface area contributed by atoms with Crippen molar-refractivity contribution in [2.24, 2.45) is 35.5 Å². The monoisotopic (exact) mass is 1010 g/mol. The summed E-state index contributed by atoms with van der Waals surface area (Å²) >= 11 is 0. The van der Waals surface area contributed by atoms with Crippen molar-refractivity contribution in [2.45, 2.75) is 169 Å². The minimum Gasteiger partial charge on any atom is -0.388 e. The number of ether oxygens (including phenoxy) is 2. The summed E-state index contributed by atoms with van der Waals surface area (Å²) in [5.41, 5.74) is 0.754. The zero-order chi connectivity index (χ0) is 53.8. The fourth-order valence-electron chi connectivity index (χ4n) is 10.7. The fourth-order valence-corrected chi connectivity index (χ4v) is 10.7. The van der Waals surface area contributed by atoms with Crippen LogP contribution in [0.5, 0.6) is 0 Å². The Morgan fingerprint density at radius 3 is 2.03 bits per heavy atom. The third kappa shape index (κ3) is 17.8. The molecule has 2 aliphatic rings. The minimum absolute atomic E-state index is 0.00612. The van der Waals surface area contributed by atoms with Gasteiger partial charge in [0.1, 0.15) is 5.78 Å². The molecular formula is C56H89N5O11. The highest BCUT2D eigenvalue weighted by molar-refractivity contribution is 6.12. The molecule has 0 aliphatic carbocycles. The number of carbonyl (C=O) groups is 8. The van der Waals surface area contributed by atoms with Crippen LogP contribution in [0, 0.1) is 35.5 Å². The number of nitrogens with one attached hydrogen (secondary N) is 1. The van der Waals surface area contributed by atoms with E-state index in [1.165, 1.54) is 17.1 Å². The third-order valence-corrected chi connectivity index (χ3v) is 15.2. The molecule has 0 saturated carbocycles. The highest BCUT2D eigenvalue weighted by atomic mass is 16.5. The normalized spacial score (nSPS) is 18.8. The summed E-state index contributed by atoms with van der Waals surface area (Å²) < 4.78 is 12.1. The van der Waals surface area contributed by atoms with Crippen LogP contribution in [0.1, 0.15) is 144 Å². The minimum atomic E-state index is -0.794. The second-order valence-corrected chi connectivity index (χ2v) is 21.2. The SMILES string of the molecule is CC[C@H](C)[C@@H]([C@@H](CC(=O)N1CCC[C@H]1[C@H](OC)[C@@H](C)C(=O)C[C@H](C)[C@@H](O)c1ccccc1)OC)N(C)C(=O)[C@@H](CC(=O)[C@H](C(C)C)N(C)CCCC(=O)CNC(=O)CCCCCN1C(=O)C=CC1=O)C(C)C. The number of aliphatic hydroxyl groups excluding tert-OH is 1. The van der Waals surface area contributed by atoms with Gasteiger partial charge in [0.2, 0.25) is 17.7 Å². The van der Waals surface area contributed by atoms with E-state index in [4.69, 9.17) is 9.47 Å². The Kier molecular flexibility index (Phi) is 26.1. The number of amides is 5. The average molecular weight is 1010 g/mol. The number of nitrogens with zero attached hydrogens (tertiary/aromatic N) is 4. The number of methoxy groups -OCH3 is 2. The number of hydrogen-bond acceptors (Lipinski definition) is 12. The number of Topliss-reactive ketones (excluding diaryl/α,β-unsaturated/α-hetero) is 3. The lowest BCUT2D eigenvalue weighted by Gasteiger charge is -2.41. The second-order valence-electron chi connectivity index (χ2n) is 21.2. The Bertz CT molecular complexity index is 1960. The summed E-state index contributed by atoms with van der Waals surface area (Å²) in [4.78, 5) is 112. The summed E-state index contributed by atoms with van der Waals surface area (Å²) in [6, 6.07) is 7.97. The van der Waals surface area contributed by atoms with Crippen molar-refractivity contribution in [3.8, 4) is 0 Å². The quantitative estimate of drug-likeness (QED) is 0.0572. The number of likely N-dealkylation sites (tertiary alicyclic amines) is 1. The lowest BCUT2D eigenvalue weighted by molar-refractivity contribution is -0.149. The van der Waals surface area contributed by atoms with E-state index >= 15 is 0 Å². The summed E-state index contributed by atoms with van der Waals surface area (Å²) in [5, 5.41) is 13.7. The smallest absolute Gasteiger partial charge is 0.253 e. The molecule has 404 valence electrons. The molecule has 0 radical (unpaired) electrons. The van der Waals surface area contributed by atoms with E-state index in [1.807, 2.05) is 103 Å². The van der Waals surface area contributed by atoms with Gasteiger partial charge in [-0.15, -0.1) is 0 Å². The number of aliphatic hydroxyl groups is 1. The number of carbonyl (C=O) groups excluding carboxylic acids is 8. The summed E-state index contributed by atoms with van der Waals surface area (Å²) in [7, 11) is 6.73. The Hall–Kier alpha value is -4.64. The zero-order valence-electron chi connectivity index (χ0n) is 45.6. The molecule has 0 aromatic heterocycles. The highest BCUT2D eigenvalue weighted by Crippen LogP contribution is 2.33. The van der Waals surface area contributed by atoms with E-state index in [-0.39, 0.29) is 115 Å². The largest absolute Gasteiger partial charge is 0.388 e. The van der Waals surface area contributed by atoms with Crippen LogP contribution in [-0.2, 0) is 47.8 Å². The van der Waals surface area contributed by atoms with Crippen LogP contribution in [-0.4, -0.2) is 156 Å². The topological polar surface area (TPSA) is 200 Å². The van der Waals surface area contributed by atoms with Crippen LogP contribution in [0.2, 0.25) is 0 Å². The maximum Gasteiger partial charge on any atom is 0.253 e. The molecule has 16 nitrogen and oxygen atoms in total. The Balaban J connectivity index is 1.59. The maximum absolute atomic E-state index is 14.7. The molecule has 1 fully saturated rings. The van der Waals surface area contributed by atoms with Crippen LogP contribution < -0.4 is 5.32 Å². The first-order chi connectivity index (χ1) is 34.1. The Morgan fingerprint density at radius 2 is 1.44 bits per heavy atom. The molecular weight excluding hydrogens is 919 g/mol. The van der Waals surface area contributed by atoms with Crippen molar-refractivity contribution in [2.75, 3.05) is 54.5 Å². The first-order valence-corrected chi connectivity index (χ1v) is 26.5. The fraction of sp³-hybridized carbons (Fsp3) is 0.714. The lowest BCUT2D eigenvalue weighted by Crippen LogP contribution is -2.54. The Morgan fingerprint density at radius 1 is 0.792 bits per heavy atom. The molecule has 1 saturated heterocycles. The molecule has 2 heterocycles. The third-order valence-electron chi connectivity index (χ3n) is 15.2. The van der Waals surface area contributed by atoms with Gasteiger partial charge in [0.25, 0.3) is 11.8 Å². The standard InChI is InChI=1S/C56H89N5O11/c1-13-38(6)53(47(71-11)34-51(68)60-31-21-25-44(60)55(72-12)40(8)45(63)32-39(7)54(69)41-22-16-14-17-23-41)59(10)56(70)43(36(2)3)33-46(64)52(37(4)5)58(9)29-20-24-42(62)35-57-48(65)26-18-15-19-30-61-49(66)27-28-50(61)67/h14,16-17,22-23,27-28,36-40,43-44,47,52-55,69H,13,15,18-21,24-26,29-35H2,1-12H3,(H,57,65)/t38-,39-,40-,43-,44-,47+,52-,53-,54+,55+/m0/s1. The first kappa shape index (κ1) is 61.7. The maximum atomic E-state index is 14.7. The van der Waals surface area contributed by atoms with Gasteiger partial charge in [0.15, 0.2) is 11.6 Å². The molecule has 0 spiro atoms. The summed E-state index contributed by atoms with van der Waals surface area (Å²) in [6.45, 7) is 16.8. The van der Waals surface area contributed by atoms with Gasteiger partial charge in [-0.3, -0.25) is 48.2 Å². The van der Waals surface area contributed by atoms with Crippen molar-refractivity contribution in [1.29, 1.82) is 0 Å². The number of benzene rings is 1. The molecule has 1 aromatic carbocycles. The van der Waals surface area contributed by atoms with Gasteiger partial charge >= 0.3 is 0 Å². The van der Waals surface area contributed by atoms with Crippen molar-refractivity contribution in [3.63, 3.8) is 0 Å². The van der Waals surface area contributed by atoms with Crippen LogP contribution >= 0.6 is 0 Å². The van der Waals surface area contributed by atoms with E-state index in [1.54, 1.807) is 26.2 Å². The molecule has 2 N–H and O–H groups in total. The molecule has 0 unspecified atom stereocenters. The van der Waals surface area contributed by atoms with Crippen LogP contribution in [0.25, 0.3) is 0 Å². The first-order valence-electron chi connectivity index (χ1n) is 26.5. The zero-order valence-corrected chi connectivity index (χ0v) is 45.6. The van der Waals surface area contributed by atoms with E-state index < -0.39 is 42.2 Å². The molecule has 0 bridgehead atoms. The van der Waals surface area contributed by atoms with Crippen molar-refractivity contribution >= 4 is 46.9 Å². The summed E-state index contributed by atoms with van der Waals surface area (Å²) in [6.07, 6.45) is 5.55. The molecule has 16 heteroatoms. The van der Waals surface area contributed by atoms with Crippen molar-refractivity contribution in [3.05, 3.63) is 48.0 Å². The van der Waals surface area contributed by atoms with Gasteiger partial charge < -0.3 is 29.7 Å². The van der Waals surface area contributed by atoms with E-state index in [0.29, 0.717) is 58.2 Å². The van der Waals surface area contributed by atoms with Gasteiger partial charge in [0.05, 0.1) is 49.4 Å². The van der Waals surface area contributed by atoms with E-state index in [2.05, 4.69) is 5.32 Å². The van der Waals surface area contributed by atoms with Crippen LogP contribution in [0.3, 0.4) is 0 Å². The van der Waals surface area contributed by atoms with Crippen molar-refractivity contribution < 1.29 is 52.9 Å². The van der Waals surface area contributed by atoms with Crippen molar-refractivity contribution in [1.82, 2.24) is 24.9 Å². The molecule has 2 aliphatic heterocycles. The molecule has 1 aromatic rings. The predicted molar refractivity (Wildman–Crippen MR) is 277 cm³/mol. The average Bonchev–Trinajstić information content (AvgIpc) is 3.96. The number of ketones is 3. The van der Waals surface area contributed by atoms with Gasteiger partial charge in [-0.05, 0) is 74.9 Å². The molecule has 10 atom stereocenters. The number of likely N-dealkylation sites (N-methyl/N-ethyl adjacent to an activating group) is 2. The van der Waals surface area contributed by atoms with Crippen LogP contribution in [0.15, 0.2) is 42.5 Å². The van der Waals surface area contributed by atoms with Gasteiger partial charge in [0, 0.05) is 84.0 Å².